The Balaban J connectivity index is 2.31. The Morgan fingerprint density at radius 2 is 1.74 bits per heavy atom. The van der Waals surface area contributed by atoms with Gasteiger partial charge in [0.15, 0.2) is 5.72 Å². The number of phosphoric ester groups is 2. The van der Waals surface area contributed by atoms with E-state index in [4.69, 9.17) is 9.05 Å². The van der Waals surface area contributed by atoms with Crippen LogP contribution in [0.3, 0.4) is 0 Å². The standard InChI is InChI=1S/C14H23NO10P2/c1-22-26(18,19)24-10-14(17)12(25-27(20,21)23-2)8-13(16)15(14)9-11-6-4-3-5-7-11/h3-7,12-13,16-17H,8-10H2,1-2H3,(H,18,19)(H,20,21)/t12-,13?,14?/m0/s1. The van der Waals surface area contributed by atoms with Gasteiger partial charge in [-0.25, -0.2) is 14.0 Å². The quantitative estimate of drug-likeness (QED) is 0.414. The van der Waals surface area contributed by atoms with E-state index >= 15 is 0 Å². The van der Waals surface area contributed by atoms with Gasteiger partial charge >= 0.3 is 15.6 Å². The highest BCUT2D eigenvalue weighted by atomic mass is 31.2. The third-order valence-electron chi connectivity index (χ3n) is 4.16. The zero-order chi connectivity index (χ0) is 20.3. The highest BCUT2D eigenvalue weighted by Crippen LogP contribution is 2.50. The number of nitrogens with zero attached hydrogens (tertiary/aromatic N) is 1. The van der Waals surface area contributed by atoms with Crippen molar-refractivity contribution in [3.05, 3.63) is 35.9 Å². The van der Waals surface area contributed by atoms with Gasteiger partial charge in [-0.3, -0.25) is 18.1 Å². The van der Waals surface area contributed by atoms with Crippen LogP contribution >= 0.6 is 15.6 Å². The topological polar surface area (TPSA) is 155 Å². The summed E-state index contributed by atoms with van der Waals surface area (Å²) in [4.78, 5) is 20.2. The van der Waals surface area contributed by atoms with Crippen molar-refractivity contribution >= 4 is 15.6 Å². The van der Waals surface area contributed by atoms with Crippen molar-refractivity contribution in [1.29, 1.82) is 0 Å². The molecule has 4 N–H and O–H groups in total. The lowest BCUT2D eigenvalue weighted by Gasteiger charge is -2.38. The zero-order valence-electron chi connectivity index (χ0n) is 14.7. The Labute approximate surface area is 156 Å². The molecule has 1 heterocycles. The van der Waals surface area contributed by atoms with Crippen LogP contribution in [-0.4, -0.2) is 63.8 Å². The first-order chi connectivity index (χ1) is 12.5. The maximum atomic E-state index is 11.8. The first-order valence-corrected chi connectivity index (χ1v) is 10.8. The van der Waals surface area contributed by atoms with E-state index in [0.29, 0.717) is 5.56 Å². The fraction of sp³-hybridized carbons (Fsp3) is 0.571. The number of phosphoric acid groups is 2. The van der Waals surface area contributed by atoms with E-state index in [9.17, 15) is 29.1 Å². The van der Waals surface area contributed by atoms with Gasteiger partial charge in [0.05, 0.1) is 0 Å². The minimum absolute atomic E-state index is 0.00709. The number of rotatable bonds is 9. The van der Waals surface area contributed by atoms with Gasteiger partial charge in [-0.05, 0) is 5.56 Å². The van der Waals surface area contributed by atoms with E-state index in [2.05, 4.69) is 9.05 Å². The van der Waals surface area contributed by atoms with Crippen molar-refractivity contribution in [2.45, 2.75) is 31.0 Å². The smallest absolute Gasteiger partial charge is 0.378 e. The van der Waals surface area contributed by atoms with Crippen molar-refractivity contribution in [3.63, 3.8) is 0 Å². The molecule has 0 aliphatic carbocycles. The summed E-state index contributed by atoms with van der Waals surface area (Å²) in [7, 11) is -7.11. The van der Waals surface area contributed by atoms with Gasteiger partial charge in [-0.1, -0.05) is 30.3 Å². The summed E-state index contributed by atoms with van der Waals surface area (Å²) in [5.41, 5.74) is -1.52. The molecule has 13 heteroatoms. The third kappa shape index (κ3) is 5.66. The molecule has 1 aliphatic rings. The van der Waals surface area contributed by atoms with E-state index in [1.807, 2.05) is 0 Å². The van der Waals surface area contributed by atoms with E-state index in [1.54, 1.807) is 30.3 Å². The molecule has 0 saturated carbocycles. The van der Waals surface area contributed by atoms with Gasteiger partial charge in [0.25, 0.3) is 0 Å². The zero-order valence-corrected chi connectivity index (χ0v) is 16.5. The lowest BCUT2D eigenvalue weighted by molar-refractivity contribution is -0.187. The molecule has 0 radical (unpaired) electrons. The van der Waals surface area contributed by atoms with Gasteiger partial charge in [0.1, 0.15) is 18.9 Å². The van der Waals surface area contributed by atoms with Crippen LogP contribution in [0.4, 0.5) is 0 Å². The van der Waals surface area contributed by atoms with Gasteiger partial charge in [-0.15, -0.1) is 0 Å². The molecular formula is C14H23NO10P2. The lowest BCUT2D eigenvalue weighted by Crippen LogP contribution is -2.55. The molecule has 1 saturated heterocycles. The van der Waals surface area contributed by atoms with Crippen LogP contribution in [-0.2, 0) is 33.8 Å². The molecular weight excluding hydrogens is 404 g/mol. The Morgan fingerprint density at radius 1 is 1.15 bits per heavy atom. The van der Waals surface area contributed by atoms with Crippen LogP contribution in [0, 0.1) is 0 Å². The Kier molecular flexibility index (Phi) is 7.34. The molecule has 0 amide bonds. The fourth-order valence-corrected chi connectivity index (χ4v) is 3.83. The van der Waals surface area contributed by atoms with Crippen LogP contribution in [0.1, 0.15) is 12.0 Å². The van der Waals surface area contributed by atoms with E-state index in [1.165, 1.54) is 0 Å². The normalized spacial score (nSPS) is 30.7. The van der Waals surface area contributed by atoms with Crippen LogP contribution < -0.4 is 0 Å². The lowest BCUT2D eigenvalue weighted by atomic mass is 10.1. The number of hydrogen-bond donors (Lipinski definition) is 4. The third-order valence-corrected chi connectivity index (χ3v) is 6.05. The molecule has 1 aliphatic heterocycles. The van der Waals surface area contributed by atoms with Gasteiger partial charge < -0.3 is 20.0 Å². The Bertz CT molecular complexity index is 719. The monoisotopic (exact) mass is 427 g/mol. The molecule has 11 nitrogen and oxygen atoms in total. The summed E-state index contributed by atoms with van der Waals surface area (Å²) in [6.07, 6.45) is -3.02. The summed E-state index contributed by atoms with van der Waals surface area (Å²) in [5.74, 6) is 0. The summed E-state index contributed by atoms with van der Waals surface area (Å²) in [6, 6.07) is 8.76. The van der Waals surface area contributed by atoms with Crippen molar-refractivity contribution in [3.8, 4) is 0 Å². The molecule has 1 aromatic rings. The van der Waals surface area contributed by atoms with Gasteiger partial charge in [0.2, 0.25) is 0 Å². The van der Waals surface area contributed by atoms with E-state index in [0.717, 1.165) is 19.1 Å². The van der Waals surface area contributed by atoms with Crippen molar-refractivity contribution < 1.29 is 47.2 Å². The number of aliphatic hydroxyl groups is 2. The second-order valence-corrected chi connectivity index (χ2v) is 8.95. The number of hydrogen-bond acceptors (Lipinski definition) is 9. The van der Waals surface area contributed by atoms with Crippen molar-refractivity contribution in [1.82, 2.24) is 4.90 Å². The summed E-state index contributed by atoms with van der Waals surface area (Å²) >= 11 is 0. The summed E-state index contributed by atoms with van der Waals surface area (Å²) in [5, 5.41) is 21.5. The molecule has 2 rings (SSSR count). The second kappa shape index (κ2) is 8.77. The van der Waals surface area contributed by atoms with Gasteiger partial charge in [-0.2, -0.15) is 0 Å². The second-order valence-electron chi connectivity index (χ2n) is 5.88. The van der Waals surface area contributed by atoms with Crippen molar-refractivity contribution in [2.24, 2.45) is 0 Å². The maximum Gasteiger partial charge on any atom is 0.472 e. The van der Waals surface area contributed by atoms with E-state index < -0.39 is 40.3 Å². The predicted octanol–water partition coefficient (Wildman–Crippen LogP) is 0.795. The first kappa shape index (κ1) is 22.6. The van der Waals surface area contributed by atoms with Crippen LogP contribution in [0.2, 0.25) is 0 Å². The summed E-state index contributed by atoms with van der Waals surface area (Å²) < 4.78 is 41.8. The predicted molar refractivity (Wildman–Crippen MR) is 92.1 cm³/mol. The molecule has 0 aromatic heterocycles. The van der Waals surface area contributed by atoms with Crippen molar-refractivity contribution in [2.75, 3.05) is 20.8 Å². The molecule has 1 aromatic carbocycles. The average molecular weight is 427 g/mol. The highest BCUT2D eigenvalue weighted by Gasteiger charge is 2.56. The van der Waals surface area contributed by atoms with Crippen LogP contribution in [0.25, 0.3) is 0 Å². The van der Waals surface area contributed by atoms with E-state index in [-0.39, 0.29) is 13.0 Å². The highest BCUT2D eigenvalue weighted by molar-refractivity contribution is 7.47. The molecule has 154 valence electrons. The number of benzene rings is 1. The maximum absolute atomic E-state index is 11.8. The fourth-order valence-electron chi connectivity index (χ4n) is 2.71. The molecule has 27 heavy (non-hydrogen) atoms. The first-order valence-electron chi connectivity index (χ1n) is 7.84. The van der Waals surface area contributed by atoms with Gasteiger partial charge in [0, 0.05) is 27.2 Å². The molecule has 5 atom stereocenters. The Hall–Kier alpha value is -0.680. The minimum atomic E-state index is -4.53. The molecule has 0 bridgehead atoms. The molecule has 1 fully saturated rings. The number of aliphatic hydroxyl groups excluding tert-OH is 1. The van der Waals surface area contributed by atoms with Crippen LogP contribution in [0.15, 0.2) is 30.3 Å². The minimum Gasteiger partial charge on any atom is -0.378 e. The molecule has 4 unspecified atom stereocenters. The summed E-state index contributed by atoms with van der Waals surface area (Å²) in [6.45, 7) is -0.833. The number of likely N-dealkylation sites (tertiary alicyclic amines) is 1. The Morgan fingerprint density at radius 3 is 2.30 bits per heavy atom. The largest absolute Gasteiger partial charge is 0.472 e. The van der Waals surface area contributed by atoms with Crippen LogP contribution in [0.5, 0.6) is 0 Å². The SMILES string of the molecule is COP(=O)(O)OCC1(O)[C@@H](OP(=O)(O)OC)CC(O)N1Cc1ccccc1. The average Bonchev–Trinajstić information content (AvgIpc) is 2.85. The molecule has 0 spiro atoms.